The second-order valence-corrected chi connectivity index (χ2v) is 7.39. The molecule has 2 aromatic rings. The van der Waals surface area contributed by atoms with Crippen LogP contribution in [0.25, 0.3) is 0 Å². The van der Waals surface area contributed by atoms with Crippen LogP contribution in [-0.4, -0.2) is 20.4 Å². The first-order valence-electron chi connectivity index (χ1n) is 7.41. The number of aryl methyl sites for hydroxylation is 1. The van der Waals surface area contributed by atoms with E-state index in [1.54, 1.807) is 31.4 Å². The van der Waals surface area contributed by atoms with Crippen LogP contribution in [0.3, 0.4) is 0 Å². The minimum absolute atomic E-state index is 0.0432. The Morgan fingerprint density at radius 1 is 1.30 bits per heavy atom. The molecule has 0 saturated carbocycles. The fourth-order valence-corrected chi connectivity index (χ4v) is 3.93. The maximum atomic E-state index is 12.5. The molecule has 7 heteroatoms. The lowest BCUT2D eigenvalue weighted by molar-refractivity contribution is -0.116. The summed E-state index contributed by atoms with van der Waals surface area (Å²) in [5.74, 6) is 0.687. The molecule has 6 nitrogen and oxygen atoms in total. The van der Waals surface area contributed by atoms with E-state index in [-0.39, 0.29) is 16.8 Å². The summed E-state index contributed by atoms with van der Waals surface area (Å²) in [4.78, 5) is 11.6. The highest BCUT2D eigenvalue weighted by Gasteiger charge is 2.21. The number of fused-ring (bicyclic) bond motifs is 1. The molecular weight excluding hydrogens is 316 g/mol. The predicted molar refractivity (Wildman–Crippen MR) is 85.6 cm³/mol. The molecule has 3 rings (SSSR count). The fourth-order valence-electron chi connectivity index (χ4n) is 2.63. The molecule has 0 saturated heterocycles. The Morgan fingerprint density at radius 3 is 2.87 bits per heavy atom. The van der Waals surface area contributed by atoms with Gasteiger partial charge in [-0.1, -0.05) is 0 Å². The third-order valence-corrected chi connectivity index (χ3v) is 5.31. The minimum atomic E-state index is -3.61. The molecule has 23 heavy (non-hydrogen) atoms. The van der Waals surface area contributed by atoms with Crippen molar-refractivity contribution in [1.29, 1.82) is 0 Å². The number of rotatable bonds is 5. The Morgan fingerprint density at radius 2 is 2.13 bits per heavy atom. The first-order chi connectivity index (χ1) is 10.9. The van der Waals surface area contributed by atoms with Crippen LogP contribution < -0.4 is 10.0 Å². The largest absolute Gasteiger partial charge is 0.469 e. The van der Waals surface area contributed by atoms with Gasteiger partial charge in [0, 0.05) is 24.6 Å². The van der Waals surface area contributed by atoms with Crippen LogP contribution in [0.1, 0.15) is 24.7 Å². The monoisotopic (exact) mass is 334 g/mol. The maximum Gasteiger partial charge on any atom is 0.240 e. The number of furan rings is 1. The maximum absolute atomic E-state index is 12.5. The highest BCUT2D eigenvalue weighted by Crippen LogP contribution is 2.25. The van der Waals surface area contributed by atoms with Gasteiger partial charge in [0.05, 0.1) is 11.2 Å². The molecule has 0 radical (unpaired) electrons. The van der Waals surface area contributed by atoms with Gasteiger partial charge in [-0.25, -0.2) is 13.1 Å². The molecule has 1 atom stereocenters. The predicted octanol–water partition coefficient (Wildman–Crippen LogP) is 2.07. The summed E-state index contributed by atoms with van der Waals surface area (Å²) in [7, 11) is -3.61. The van der Waals surface area contributed by atoms with Gasteiger partial charge in [0.2, 0.25) is 15.9 Å². The molecule has 0 spiro atoms. The van der Waals surface area contributed by atoms with Crippen LogP contribution in [-0.2, 0) is 27.7 Å². The number of benzene rings is 1. The van der Waals surface area contributed by atoms with Crippen LogP contribution in [0, 0.1) is 0 Å². The molecule has 1 aliphatic heterocycles. The van der Waals surface area contributed by atoms with Crippen molar-refractivity contribution in [2.45, 2.75) is 37.1 Å². The van der Waals surface area contributed by atoms with Gasteiger partial charge in [-0.3, -0.25) is 4.79 Å². The zero-order valence-electron chi connectivity index (χ0n) is 12.7. The zero-order chi connectivity index (χ0) is 16.4. The topological polar surface area (TPSA) is 88.4 Å². The summed E-state index contributed by atoms with van der Waals surface area (Å²) < 4.78 is 32.9. The number of carbonyl (C=O) groups excluding carboxylic acids is 1. The minimum Gasteiger partial charge on any atom is -0.469 e. The zero-order valence-corrected chi connectivity index (χ0v) is 13.5. The van der Waals surface area contributed by atoms with Gasteiger partial charge < -0.3 is 9.73 Å². The standard InChI is InChI=1S/C16H18N2O4S/c1-11(9-13-3-2-8-22-13)18-23(20,21)14-5-6-15-12(10-14)4-7-16(19)17-15/h2-3,5-6,8,10-11,18H,4,7,9H2,1H3,(H,17,19)/t11-/m1/s1. The number of hydrogen-bond acceptors (Lipinski definition) is 4. The smallest absolute Gasteiger partial charge is 0.240 e. The van der Waals surface area contributed by atoms with Crippen molar-refractivity contribution >= 4 is 21.6 Å². The summed E-state index contributed by atoms with van der Waals surface area (Å²) in [6.45, 7) is 1.79. The van der Waals surface area contributed by atoms with Gasteiger partial charge in [-0.05, 0) is 49.2 Å². The molecule has 0 bridgehead atoms. The van der Waals surface area contributed by atoms with E-state index in [1.165, 1.54) is 6.07 Å². The van der Waals surface area contributed by atoms with E-state index in [0.29, 0.717) is 24.9 Å². The van der Waals surface area contributed by atoms with Crippen molar-refractivity contribution in [2.24, 2.45) is 0 Å². The number of carbonyl (C=O) groups is 1. The van der Waals surface area contributed by atoms with Crippen LogP contribution in [0.4, 0.5) is 5.69 Å². The number of hydrogen-bond donors (Lipinski definition) is 2. The molecule has 1 aliphatic rings. The van der Waals surface area contributed by atoms with Crippen LogP contribution >= 0.6 is 0 Å². The summed E-state index contributed by atoms with van der Waals surface area (Å²) >= 11 is 0. The van der Waals surface area contributed by atoms with Crippen molar-refractivity contribution in [1.82, 2.24) is 4.72 Å². The molecule has 0 aliphatic carbocycles. The van der Waals surface area contributed by atoms with Crippen molar-refractivity contribution < 1.29 is 17.6 Å². The summed E-state index contributed by atoms with van der Waals surface area (Å²) in [6.07, 6.45) is 2.97. The molecule has 122 valence electrons. The van der Waals surface area contributed by atoms with Gasteiger partial charge >= 0.3 is 0 Å². The SMILES string of the molecule is C[C@H](Cc1ccco1)NS(=O)(=O)c1ccc2c(c1)CCC(=O)N2. The quantitative estimate of drug-likeness (QED) is 0.876. The highest BCUT2D eigenvalue weighted by atomic mass is 32.2. The van der Waals surface area contributed by atoms with Crippen LogP contribution in [0.2, 0.25) is 0 Å². The molecule has 1 aromatic carbocycles. The molecular formula is C16H18N2O4S. The summed E-state index contributed by atoms with van der Waals surface area (Å²) in [6, 6.07) is 8.06. The second-order valence-electron chi connectivity index (χ2n) is 5.67. The van der Waals surface area contributed by atoms with E-state index in [4.69, 9.17) is 4.42 Å². The lowest BCUT2D eigenvalue weighted by atomic mass is 10.0. The second kappa shape index (κ2) is 6.17. The molecule has 2 heterocycles. The van der Waals surface area contributed by atoms with Crippen molar-refractivity contribution in [3.8, 4) is 0 Å². The molecule has 0 unspecified atom stereocenters. The Balaban J connectivity index is 1.75. The number of anilines is 1. The average molecular weight is 334 g/mol. The Bertz CT molecular complexity index is 813. The lowest BCUT2D eigenvalue weighted by Crippen LogP contribution is -2.34. The van der Waals surface area contributed by atoms with Gasteiger partial charge in [-0.2, -0.15) is 0 Å². The van der Waals surface area contributed by atoms with E-state index in [1.807, 2.05) is 6.07 Å². The van der Waals surface area contributed by atoms with E-state index >= 15 is 0 Å². The Labute approximate surface area is 134 Å². The third-order valence-electron chi connectivity index (χ3n) is 3.73. The number of nitrogens with one attached hydrogen (secondary N) is 2. The first kappa shape index (κ1) is 15.8. The Kier molecular flexibility index (Phi) is 4.23. The molecule has 1 amide bonds. The highest BCUT2D eigenvalue weighted by molar-refractivity contribution is 7.89. The van der Waals surface area contributed by atoms with Crippen molar-refractivity contribution in [2.75, 3.05) is 5.32 Å². The van der Waals surface area contributed by atoms with Crippen LogP contribution in [0.15, 0.2) is 45.9 Å². The van der Waals surface area contributed by atoms with Gasteiger partial charge in [-0.15, -0.1) is 0 Å². The fraction of sp³-hybridized carbons (Fsp3) is 0.312. The number of sulfonamides is 1. The van der Waals surface area contributed by atoms with Gasteiger partial charge in [0.15, 0.2) is 0 Å². The van der Waals surface area contributed by atoms with E-state index < -0.39 is 10.0 Å². The van der Waals surface area contributed by atoms with E-state index in [9.17, 15) is 13.2 Å². The summed E-state index contributed by atoms with van der Waals surface area (Å²) in [5.41, 5.74) is 1.52. The lowest BCUT2D eigenvalue weighted by Gasteiger charge is -2.18. The van der Waals surface area contributed by atoms with Gasteiger partial charge in [0.1, 0.15) is 5.76 Å². The molecule has 0 fully saturated rings. The van der Waals surface area contributed by atoms with Crippen molar-refractivity contribution in [3.63, 3.8) is 0 Å². The van der Waals surface area contributed by atoms with Gasteiger partial charge in [0.25, 0.3) is 0 Å². The van der Waals surface area contributed by atoms with Crippen molar-refractivity contribution in [3.05, 3.63) is 47.9 Å². The number of amides is 1. The van der Waals surface area contributed by atoms with Crippen LogP contribution in [0.5, 0.6) is 0 Å². The van der Waals surface area contributed by atoms with E-state index in [0.717, 1.165) is 11.3 Å². The Hall–Kier alpha value is -2.12. The average Bonchev–Trinajstić information content (AvgIpc) is 2.98. The third kappa shape index (κ3) is 3.62. The van der Waals surface area contributed by atoms with E-state index in [2.05, 4.69) is 10.0 Å². The molecule has 1 aromatic heterocycles. The summed E-state index contributed by atoms with van der Waals surface area (Å²) in [5, 5.41) is 2.74. The first-order valence-corrected chi connectivity index (χ1v) is 8.90. The molecule has 2 N–H and O–H groups in total. The normalized spacial score (nSPS) is 15.8.